The number of amides is 2. The maximum absolute atomic E-state index is 13.7. The number of benzene rings is 1. The molecule has 0 saturated carbocycles. The van der Waals surface area contributed by atoms with E-state index in [0.29, 0.717) is 5.95 Å². The van der Waals surface area contributed by atoms with Crippen molar-refractivity contribution >= 4 is 28.6 Å². The molecule has 3 heterocycles. The molecule has 1 aliphatic rings. The first kappa shape index (κ1) is 21.8. The summed E-state index contributed by atoms with van der Waals surface area (Å²) < 4.78 is 60.0. The van der Waals surface area contributed by atoms with Gasteiger partial charge in [-0.1, -0.05) is 0 Å². The number of hydrogen-bond donors (Lipinski definition) is 3. The Morgan fingerprint density at radius 2 is 1.91 bits per heavy atom. The second-order valence-electron chi connectivity index (χ2n) is 7.31. The number of alkyl halides is 3. The van der Waals surface area contributed by atoms with Gasteiger partial charge < -0.3 is 25.3 Å². The highest BCUT2D eigenvalue weighted by atomic mass is 19.4. The third-order valence-electron chi connectivity index (χ3n) is 5.10. The molecule has 3 aromatic rings. The van der Waals surface area contributed by atoms with Gasteiger partial charge in [0, 0.05) is 37.1 Å². The average molecular weight is 452 g/mol. The molecular formula is C20H20F4N6O2. The topological polar surface area (TPSA) is 95.3 Å². The summed E-state index contributed by atoms with van der Waals surface area (Å²) in [6, 6.07) is -0.132. The number of fused-ring (bicyclic) bond motifs is 1. The monoisotopic (exact) mass is 452 g/mol. The number of halogens is 4. The highest BCUT2D eigenvalue weighted by Gasteiger charge is 2.45. The zero-order valence-corrected chi connectivity index (χ0v) is 17.0. The summed E-state index contributed by atoms with van der Waals surface area (Å²) >= 11 is 0. The summed E-state index contributed by atoms with van der Waals surface area (Å²) in [6.07, 6.45) is -2.21. The molecule has 0 unspecified atom stereocenters. The second kappa shape index (κ2) is 8.61. The number of hydrogen-bond acceptors (Lipinski definition) is 6. The van der Waals surface area contributed by atoms with Crippen molar-refractivity contribution in [3.8, 4) is 0 Å². The number of nitrogens with zero attached hydrogens (tertiary/aromatic N) is 3. The number of aryl methyl sites for hydroxylation is 1. The van der Waals surface area contributed by atoms with E-state index in [2.05, 4.69) is 20.6 Å². The first-order valence-corrected chi connectivity index (χ1v) is 9.83. The molecule has 0 aliphatic carbocycles. The Kier molecular flexibility index (Phi) is 5.87. The zero-order chi connectivity index (χ0) is 22.9. The maximum atomic E-state index is 13.7. The van der Waals surface area contributed by atoms with Crippen LogP contribution in [0.15, 0.2) is 35.0 Å². The van der Waals surface area contributed by atoms with Gasteiger partial charge in [0.25, 0.3) is 0 Å². The summed E-state index contributed by atoms with van der Waals surface area (Å²) in [5.41, 5.74) is 0.309. The van der Waals surface area contributed by atoms with Crippen LogP contribution in [0.25, 0.3) is 11.0 Å². The second-order valence-corrected chi connectivity index (χ2v) is 7.31. The van der Waals surface area contributed by atoms with E-state index in [1.165, 1.54) is 25.4 Å². The average Bonchev–Trinajstić information content (AvgIpc) is 3.08. The van der Waals surface area contributed by atoms with Crippen LogP contribution < -0.4 is 20.9 Å². The van der Waals surface area contributed by atoms with Gasteiger partial charge in [0.15, 0.2) is 6.04 Å². The van der Waals surface area contributed by atoms with Crippen LogP contribution in [0.3, 0.4) is 0 Å². The third-order valence-corrected chi connectivity index (χ3v) is 5.10. The molecule has 2 amide bonds. The Balaban J connectivity index is 1.50. The molecule has 1 saturated heterocycles. The Morgan fingerprint density at radius 3 is 2.56 bits per heavy atom. The molecular weight excluding hydrogens is 432 g/mol. The number of aromatic nitrogens is 2. The first-order valence-electron chi connectivity index (χ1n) is 9.83. The fraction of sp³-hybridized carbons (Fsp3) is 0.350. The van der Waals surface area contributed by atoms with Crippen LogP contribution in [-0.4, -0.2) is 48.4 Å². The lowest BCUT2D eigenvalue weighted by Crippen LogP contribution is -2.44. The highest BCUT2D eigenvalue weighted by Crippen LogP contribution is 2.38. The lowest BCUT2D eigenvalue weighted by molar-refractivity contribution is -0.158. The van der Waals surface area contributed by atoms with Gasteiger partial charge in [0.2, 0.25) is 5.95 Å². The minimum Gasteiger partial charge on any atom is -0.458 e. The quantitative estimate of drug-likeness (QED) is 0.525. The van der Waals surface area contributed by atoms with Crippen LogP contribution in [0, 0.1) is 12.7 Å². The number of anilines is 2. The number of urea groups is 1. The molecule has 32 heavy (non-hydrogen) atoms. The SMILES string of the molecule is Cc1c([C@@H](NC(=O)Nc2cnc(N3CCNCC3)nc2)C(F)(F)F)oc2ccc(F)cc12. The van der Waals surface area contributed by atoms with Crippen molar-refractivity contribution in [1.29, 1.82) is 0 Å². The van der Waals surface area contributed by atoms with Crippen molar-refractivity contribution in [2.24, 2.45) is 0 Å². The van der Waals surface area contributed by atoms with Crippen LogP contribution in [-0.2, 0) is 0 Å². The van der Waals surface area contributed by atoms with Gasteiger partial charge in [0.05, 0.1) is 18.1 Å². The molecule has 0 radical (unpaired) electrons. The van der Waals surface area contributed by atoms with Crippen LogP contribution in [0.2, 0.25) is 0 Å². The molecule has 2 aromatic heterocycles. The summed E-state index contributed by atoms with van der Waals surface area (Å²) in [5, 5.41) is 7.58. The van der Waals surface area contributed by atoms with Crippen molar-refractivity contribution in [2.45, 2.75) is 19.1 Å². The molecule has 3 N–H and O–H groups in total. The van der Waals surface area contributed by atoms with Crippen molar-refractivity contribution in [3.05, 3.63) is 47.7 Å². The molecule has 170 valence electrons. The molecule has 8 nitrogen and oxygen atoms in total. The highest BCUT2D eigenvalue weighted by molar-refractivity contribution is 5.89. The molecule has 12 heteroatoms. The van der Waals surface area contributed by atoms with E-state index in [0.717, 1.165) is 38.3 Å². The van der Waals surface area contributed by atoms with Crippen molar-refractivity contribution in [2.75, 3.05) is 36.4 Å². The van der Waals surface area contributed by atoms with E-state index in [1.54, 1.807) is 0 Å². The van der Waals surface area contributed by atoms with E-state index >= 15 is 0 Å². The Bertz CT molecular complexity index is 1110. The summed E-state index contributed by atoms with van der Waals surface area (Å²) in [5.74, 6) is -0.652. The lowest BCUT2D eigenvalue weighted by Gasteiger charge is -2.27. The van der Waals surface area contributed by atoms with E-state index in [9.17, 15) is 22.4 Å². The van der Waals surface area contributed by atoms with E-state index in [-0.39, 0.29) is 22.2 Å². The summed E-state index contributed by atoms with van der Waals surface area (Å²) in [7, 11) is 0. The number of rotatable bonds is 4. The molecule has 1 aliphatic heterocycles. The van der Waals surface area contributed by atoms with Gasteiger partial charge >= 0.3 is 12.2 Å². The smallest absolute Gasteiger partial charge is 0.416 e. The van der Waals surface area contributed by atoms with Crippen molar-refractivity contribution in [1.82, 2.24) is 20.6 Å². The summed E-state index contributed by atoms with van der Waals surface area (Å²) in [4.78, 5) is 22.6. The van der Waals surface area contributed by atoms with Crippen molar-refractivity contribution < 1.29 is 26.8 Å². The molecule has 1 fully saturated rings. The number of nitrogens with one attached hydrogen (secondary N) is 3. The maximum Gasteiger partial charge on any atom is 0.416 e. The predicted octanol–water partition coefficient (Wildman–Crippen LogP) is 3.51. The lowest BCUT2D eigenvalue weighted by atomic mass is 10.1. The number of piperazine rings is 1. The van der Waals surface area contributed by atoms with Crippen LogP contribution >= 0.6 is 0 Å². The summed E-state index contributed by atoms with van der Waals surface area (Å²) in [6.45, 7) is 4.40. The van der Waals surface area contributed by atoms with Gasteiger partial charge in [-0.3, -0.25) is 0 Å². The van der Waals surface area contributed by atoms with Gasteiger partial charge in [-0.05, 0) is 25.1 Å². The molecule has 1 aromatic carbocycles. The Labute approximate surface area is 180 Å². The molecule has 4 rings (SSSR count). The van der Waals surface area contributed by atoms with E-state index < -0.39 is 29.8 Å². The Morgan fingerprint density at radius 1 is 1.22 bits per heavy atom. The van der Waals surface area contributed by atoms with Crippen molar-refractivity contribution in [3.63, 3.8) is 0 Å². The van der Waals surface area contributed by atoms with Crippen LogP contribution in [0.5, 0.6) is 0 Å². The minimum absolute atomic E-state index is 0.0887. The third kappa shape index (κ3) is 4.59. The fourth-order valence-electron chi connectivity index (χ4n) is 3.50. The van der Waals surface area contributed by atoms with Gasteiger partial charge in [0.1, 0.15) is 17.2 Å². The molecule has 1 atom stereocenters. The van der Waals surface area contributed by atoms with E-state index in [4.69, 9.17) is 4.42 Å². The number of furan rings is 1. The predicted molar refractivity (Wildman–Crippen MR) is 109 cm³/mol. The van der Waals surface area contributed by atoms with E-state index in [1.807, 2.05) is 10.2 Å². The normalized spacial score (nSPS) is 15.6. The largest absolute Gasteiger partial charge is 0.458 e. The Hall–Kier alpha value is -3.41. The molecule has 0 bridgehead atoms. The van der Waals surface area contributed by atoms with Gasteiger partial charge in [-0.25, -0.2) is 19.2 Å². The molecule has 0 spiro atoms. The number of carbonyl (C=O) groups excluding carboxylic acids is 1. The number of carbonyl (C=O) groups is 1. The van der Waals surface area contributed by atoms with Crippen LogP contribution in [0.4, 0.5) is 34.0 Å². The van der Waals surface area contributed by atoms with Crippen LogP contribution in [0.1, 0.15) is 17.4 Å². The fourth-order valence-corrected chi connectivity index (χ4v) is 3.50. The zero-order valence-electron chi connectivity index (χ0n) is 17.0. The van der Waals surface area contributed by atoms with Gasteiger partial charge in [-0.2, -0.15) is 13.2 Å². The van der Waals surface area contributed by atoms with Gasteiger partial charge in [-0.15, -0.1) is 0 Å². The first-order chi connectivity index (χ1) is 15.2. The minimum atomic E-state index is -4.85. The standard InChI is InChI=1S/C20H20F4N6O2/c1-11-14-8-12(21)2-3-15(14)32-16(11)17(20(22,23)24)29-19(31)28-13-9-26-18(27-10-13)30-6-4-25-5-7-30/h2-3,8-10,17,25H,4-7H2,1H3,(H2,28,29,31)/t17-/m1/s1.